The summed E-state index contributed by atoms with van der Waals surface area (Å²) in [7, 11) is 0. The van der Waals surface area contributed by atoms with Crippen LogP contribution in [0.25, 0.3) is 0 Å². The fourth-order valence-corrected chi connectivity index (χ4v) is 2.47. The zero-order valence-electron chi connectivity index (χ0n) is 10.7. The highest BCUT2D eigenvalue weighted by molar-refractivity contribution is 14.1. The summed E-state index contributed by atoms with van der Waals surface area (Å²) in [5, 5.41) is 2.78. The Morgan fingerprint density at radius 3 is 2.42 bits per heavy atom. The second kappa shape index (κ2) is 6.88. The van der Waals surface area contributed by atoms with Crippen molar-refractivity contribution in [1.29, 1.82) is 0 Å². The second-order valence-electron chi connectivity index (χ2n) is 4.60. The Kier molecular flexibility index (Phi) is 5.18. The minimum absolute atomic E-state index is 0.120. The van der Waals surface area contributed by atoms with E-state index in [9.17, 15) is 9.59 Å². The monoisotopic (exact) mass is 372 g/mol. The predicted octanol–water partition coefficient (Wildman–Crippen LogP) is 2.03. The van der Waals surface area contributed by atoms with Crippen molar-refractivity contribution in [1.82, 2.24) is 10.2 Å². The smallest absolute Gasteiger partial charge is 0.251 e. The number of carbonyl (C=O) groups excluding carboxylic acids is 2. The molecule has 2 rings (SSSR count). The maximum absolute atomic E-state index is 11.8. The van der Waals surface area contributed by atoms with Crippen LogP contribution in [0, 0.1) is 3.57 Å². The Morgan fingerprint density at radius 1 is 1.16 bits per heavy atom. The lowest BCUT2D eigenvalue weighted by Gasteiger charge is -2.15. The zero-order chi connectivity index (χ0) is 13.7. The molecule has 0 bridgehead atoms. The molecule has 0 radical (unpaired) electrons. The SMILES string of the molecule is O=C(NCCC(=O)N1CCCC1)c1ccc(I)cc1. The third kappa shape index (κ3) is 4.19. The molecule has 1 aliphatic heterocycles. The largest absolute Gasteiger partial charge is 0.352 e. The maximum atomic E-state index is 11.8. The van der Waals surface area contributed by atoms with Gasteiger partial charge >= 0.3 is 0 Å². The molecule has 0 aromatic heterocycles. The summed E-state index contributed by atoms with van der Waals surface area (Å²) in [5.41, 5.74) is 0.633. The van der Waals surface area contributed by atoms with Crippen molar-refractivity contribution < 1.29 is 9.59 Å². The third-order valence-electron chi connectivity index (χ3n) is 3.19. The molecule has 4 nitrogen and oxygen atoms in total. The number of amides is 2. The van der Waals surface area contributed by atoms with Gasteiger partial charge < -0.3 is 10.2 Å². The van der Waals surface area contributed by atoms with Gasteiger partial charge in [-0.05, 0) is 59.7 Å². The molecule has 1 aromatic rings. The fraction of sp³-hybridized carbons (Fsp3) is 0.429. The molecular formula is C14H17IN2O2. The summed E-state index contributed by atoms with van der Waals surface area (Å²) in [5.74, 6) is 0.0195. The van der Waals surface area contributed by atoms with Crippen LogP contribution in [0.5, 0.6) is 0 Å². The van der Waals surface area contributed by atoms with Gasteiger partial charge in [-0.3, -0.25) is 9.59 Å². The van der Waals surface area contributed by atoms with Crippen LogP contribution in [0.15, 0.2) is 24.3 Å². The molecule has 0 atom stereocenters. The summed E-state index contributed by atoms with van der Waals surface area (Å²) in [4.78, 5) is 25.5. The van der Waals surface area contributed by atoms with E-state index in [0.29, 0.717) is 18.5 Å². The van der Waals surface area contributed by atoms with Crippen LogP contribution in [0.3, 0.4) is 0 Å². The van der Waals surface area contributed by atoms with E-state index in [1.54, 1.807) is 12.1 Å². The number of hydrogen-bond donors (Lipinski definition) is 1. The van der Waals surface area contributed by atoms with Crippen LogP contribution in [0.4, 0.5) is 0 Å². The Morgan fingerprint density at radius 2 is 1.79 bits per heavy atom. The molecule has 1 aliphatic rings. The standard InChI is InChI=1S/C14H17IN2O2/c15-12-5-3-11(4-6-12)14(19)16-8-7-13(18)17-9-1-2-10-17/h3-6H,1-2,7-10H2,(H,16,19). The van der Waals surface area contributed by atoms with Crippen LogP contribution in [-0.2, 0) is 4.79 Å². The van der Waals surface area contributed by atoms with Gasteiger partial charge in [0.2, 0.25) is 5.91 Å². The van der Waals surface area contributed by atoms with Crippen LogP contribution < -0.4 is 5.32 Å². The lowest BCUT2D eigenvalue weighted by molar-refractivity contribution is -0.129. The maximum Gasteiger partial charge on any atom is 0.251 e. The molecule has 0 aliphatic carbocycles. The first-order valence-electron chi connectivity index (χ1n) is 6.48. The Hall–Kier alpha value is -1.11. The fourth-order valence-electron chi connectivity index (χ4n) is 2.11. The molecule has 19 heavy (non-hydrogen) atoms. The van der Waals surface area contributed by atoms with E-state index >= 15 is 0 Å². The van der Waals surface area contributed by atoms with Gasteiger partial charge in [0.1, 0.15) is 0 Å². The molecule has 5 heteroatoms. The van der Waals surface area contributed by atoms with E-state index in [1.165, 1.54) is 0 Å². The molecule has 1 heterocycles. The van der Waals surface area contributed by atoms with Crippen molar-refractivity contribution in [3.63, 3.8) is 0 Å². The van der Waals surface area contributed by atoms with Crippen molar-refractivity contribution in [2.24, 2.45) is 0 Å². The lowest BCUT2D eigenvalue weighted by Crippen LogP contribution is -2.32. The highest BCUT2D eigenvalue weighted by Gasteiger charge is 2.17. The first-order valence-corrected chi connectivity index (χ1v) is 7.56. The Balaban J connectivity index is 1.74. The summed E-state index contributed by atoms with van der Waals surface area (Å²) >= 11 is 2.20. The quantitative estimate of drug-likeness (QED) is 0.823. The summed E-state index contributed by atoms with van der Waals surface area (Å²) in [6, 6.07) is 7.37. The molecule has 1 saturated heterocycles. The van der Waals surface area contributed by atoms with Gasteiger partial charge in [-0.2, -0.15) is 0 Å². The Bertz CT molecular complexity index is 453. The van der Waals surface area contributed by atoms with Crippen LogP contribution in [-0.4, -0.2) is 36.3 Å². The molecule has 0 spiro atoms. The number of benzene rings is 1. The normalized spacial score (nSPS) is 14.5. The van der Waals surface area contributed by atoms with E-state index in [-0.39, 0.29) is 11.8 Å². The number of nitrogens with one attached hydrogen (secondary N) is 1. The number of likely N-dealkylation sites (tertiary alicyclic amines) is 1. The van der Waals surface area contributed by atoms with E-state index in [1.807, 2.05) is 17.0 Å². The van der Waals surface area contributed by atoms with Crippen molar-refractivity contribution in [2.45, 2.75) is 19.3 Å². The van der Waals surface area contributed by atoms with E-state index in [0.717, 1.165) is 29.5 Å². The number of halogens is 1. The number of rotatable bonds is 4. The Labute approximate surface area is 126 Å². The van der Waals surface area contributed by atoms with Crippen LogP contribution in [0.2, 0.25) is 0 Å². The van der Waals surface area contributed by atoms with Gasteiger partial charge in [-0.25, -0.2) is 0 Å². The zero-order valence-corrected chi connectivity index (χ0v) is 12.9. The number of nitrogens with zero attached hydrogens (tertiary/aromatic N) is 1. The van der Waals surface area contributed by atoms with Gasteiger partial charge in [-0.15, -0.1) is 0 Å². The van der Waals surface area contributed by atoms with Crippen LogP contribution in [0.1, 0.15) is 29.6 Å². The summed E-state index contributed by atoms with van der Waals surface area (Å²) in [6.07, 6.45) is 2.58. The average Bonchev–Trinajstić information content (AvgIpc) is 2.93. The molecule has 1 fully saturated rings. The molecule has 102 valence electrons. The topological polar surface area (TPSA) is 49.4 Å². The van der Waals surface area contributed by atoms with Crippen molar-refractivity contribution in [3.05, 3.63) is 33.4 Å². The van der Waals surface area contributed by atoms with E-state index in [4.69, 9.17) is 0 Å². The number of hydrogen-bond acceptors (Lipinski definition) is 2. The van der Waals surface area contributed by atoms with Gasteiger partial charge in [-0.1, -0.05) is 0 Å². The van der Waals surface area contributed by atoms with E-state index in [2.05, 4.69) is 27.9 Å². The first-order chi connectivity index (χ1) is 9.16. The summed E-state index contributed by atoms with van der Waals surface area (Å²) in [6.45, 7) is 2.13. The lowest BCUT2D eigenvalue weighted by atomic mass is 10.2. The van der Waals surface area contributed by atoms with Gasteiger partial charge in [0.15, 0.2) is 0 Å². The predicted molar refractivity (Wildman–Crippen MR) is 81.9 cm³/mol. The van der Waals surface area contributed by atoms with Crippen molar-refractivity contribution in [2.75, 3.05) is 19.6 Å². The molecule has 0 saturated carbocycles. The average molecular weight is 372 g/mol. The second-order valence-corrected chi connectivity index (χ2v) is 5.85. The van der Waals surface area contributed by atoms with Gasteiger partial charge in [0.25, 0.3) is 5.91 Å². The van der Waals surface area contributed by atoms with Gasteiger partial charge in [0.05, 0.1) is 0 Å². The molecule has 1 aromatic carbocycles. The molecular weight excluding hydrogens is 355 g/mol. The summed E-state index contributed by atoms with van der Waals surface area (Å²) < 4.78 is 1.10. The first kappa shape index (κ1) is 14.3. The minimum Gasteiger partial charge on any atom is -0.352 e. The van der Waals surface area contributed by atoms with E-state index < -0.39 is 0 Å². The molecule has 1 N–H and O–H groups in total. The molecule has 2 amide bonds. The van der Waals surface area contributed by atoms with Crippen molar-refractivity contribution >= 4 is 34.4 Å². The van der Waals surface area contributed by atoms with Crippen LogP contribution >= 0.6 is 22.6 Å². The molecule has 0 unspecified atom stereocenters. The minimum atomic E-state index is -0.120. The van der Waals surface area contributed by atoms with Gasteiger partial charge in [0, 0.05) is 35.2 Å². The highest BCUT2D eigenvalue weighted by Crippen LogP contribution is 2.09. The third-order valence-corrected chi connectivity index (χ3v) is 3.91. The van der Waals surface area contributed by atoms with Crippen molar-refractivity contribution in [3.8, 4) is 0 Å². The number of carbonyl (C=O) groups is 2. The highest BCUT2D eigenvalue weighted by atomic mass is 127.